The quantitative estimate of drug-likeness (QED) is 0.597. The average Bonchev–Trinajstić information content (AvgIpc) is 2.04. The van der Waals surface area contributed by atoms with E-state index in [9.17, 15) is 0 Å². The Kier molecular flexibility index (Phi) is 3.34. The minimum Gasteiger partial charge on any atom is -0.382 e. The lowest BCUT2D eigenvalue weighted by molar-refractivity contribution is 1.48. The Balaban J connectivity index is 2.97. The van der Waals surface area contributed by atoms with Crippen molar-refractivity contribution in [2.75, 3.05) is 0 Å². The highest BCUT2D eigenvalue weighted by Gasteiger charge is 1.96. The Morgan fingerprint density at radius 1 is 1.46 bits per heavy atom. The van der Waals surface area contributed by atoms with E-state index in [1.807, 2.05) is 0 Å². The molecule has 2 nitrogen and oxygen atoms in total. The Morgan fingerprint density at radius 2 is 2.15 bits per heavy atom. The Bertz CT molecular complexity index is 358. The van der Waals surface area contributed by atoms with Gasteiger partial charge in [0.2, 0.25) is 0 Å². The molecule has 0 saturated carbocycles. The standard InChI is InChI=1S/C9H8Cl2N2/c1-6(10)9(12)13-8-4-2-3-7(11)5-8/h2-5H,1H2,(H2,12,13). The normalized spacial score (nSPS) is 11.4. The van der Waals surface area contributed by atoms with Gasteiger partial charge in [0.15, 0.2) is 0 Å². The van der Waals surface area contributed by atoms with Crippen LogP contribution in [0.5, 0.6) is 0 Å². The van der Waals surface area contributed by atoms with E-state index in [-0.39, 0.29) is 10.9 Å². The molecule has 0 heterocycles. The summed E-state index contributed by atoms with van der Waals surface area (Å²) in [5, 5.41) is 0.828. The van der Waals surface area contributed by atoms with Crippen molar-refractivity contribution in [3.05, 3.63) is 40.9 Å². The van der Waals surface area contributed by atoms with E-state index in [0.29, 0.717) is 10.7 Å². The zero-order valence-corrected chi connectivity index (χ0v) is 8.31. The van der Waals surface area contributed by atoms with Crippen LogP contribution in [-0.2, 0) is 0 Å². The molecule has 0 fully saturated rings. The van der Waals surface area contributed by atoms with E-state index in [4.69, 9.17) is 28.9 Å². The molecular weight excluding hydrogens is 207 g/mol. The molecule has 0 amide bonds. The van der Waals surface area contributed by atoms with Crippen molar-refractivity contribution in [1.82, 2.24) is 0 Å². The van der Waals surface area contributed by atoms with Crippen LogP contribution in [0.15, 0.2) is 40.9 Å². The topological polar surface area (TPSA) is 38.4 Å². The number of nitrogens with two attached hydrogens (primary N) is 1. The molecule has 4 heteroatoms. The van der Waals surface area contributed by atoms with Crippen molar-refractivity contribution in [3.8, 4) is 0 Å². The van der Waals surface area contributed by atoms with Crippen LogP contribution >= 0.6 is 23.2 Å². The van der Waals surface area contributed by atoms with Gasteiger partial charge in [0, 0.05) is 5.02 Å². The molecule has 68 valence electrons. The van der Waals surface area contributed by atoms with Gasteiger partial charge in [-0.3, -0.25) is 0 Å². The van der Waals surface area contributed by atoms with Crippen LogP contribution in [0.25, 0.3) is 0 Å². The summed E-state index contributed by atoms with van der Waals surface area (Å²) < 4.78 is 0. The molecule has 0 aliphatic rings. The van der Waals surface area contributed by atoms with Crippen LogP contribution in [-0.4, -0.2) is 5.84 Å². The molecule has 13 heavy (non-hydrogen) atoms. The summed E-state index contributed by atoms with van der Waals surface area (Å²) >= 11 is 11.3. The van der Waals surface area contributed by atoms with Gasteiger partial charge in [-0.2, -0.15) is 0 Å². The summed E-state index contributed by atoms with van der Waals surface area (Å²) in [6, 6.07) is 7.00. The molecule has 1 aromatic rings. The molecule has 0 aliphatic carbocycles. The molecule has 1 aromatic carbocycles. The third-order valence-corrected chi connectivity index (χ3v) is 1.76. The predicted molar refractivity (Wildman–Crippen MR) is 57.7 cm³/mol. The van der Waals surface area contributed by atoms with Gasteiger partial charge in [0.25, 0.3) is 0 Å². The van der Waals surface area contributed by atoms with Crippen molar-refractivity contribution in [2.24, 2.45) is 10.7 Å². The van der Waals surface area contributed by atoms with Gasteiger partial charge in [-0.25, -0.2) is 4.99 Å². The van der Waals surface area contributed by atoms with Crippen LogP contribution in [0.1, 0.15) is 0 Å². The second-order valence-corrected chi connectivity index (χ2v) is 3.27. The number of amidine groups is 1. The van der Waals surface area contributed by atoms with Gasteiger partial charge in [-0.1, -0.05) is 35.8 Å². The van der Waals surface area contributed by atoms with Crippen molar-refractivity contribution in [1.29, 1.82) is 0 Å². The first-order valence-corrected chi connectivity index (χ1v) is 4.29. The maximum atomic E-state index is 5.74. The molecule has 1 rings (SSSR count). The molecule has 0 radical (unpaired) electrons. The van der Waals surface area contributed by atoms with Crippen molar-refractivity contribution in [3.63, 3.8) is 0 Å². The van der Waals surface area contributed by atoms with Gasteiger partial charge in [0.05, 0.1) is 10.7 Å². The number of benzene rings is 1. The number of hydrogen-bond acceptors (Lipinski definition) is 1. The number of hydrogen-bond donors (Lipinski definition) is 1. The second kappa shape index (κ2) is 4.30. The van der Waals surface area contributed by atoms with E-state index >= 15 is 0 Å². The van der Waals surface area contributed by atoms with Crippen LogP contribution in [0.2, 0.25) is 5.02 Å². The summed E-state index contributed by atoms with van der Waals surface area (Å²) in [6.45, 7) is 3.45. The van der Waals surface area contributed by atoms with Crippen LogP contribution in [0, 0.1) is 0 Å². The van der Waals surface area contributed by atoms with E-state index in [1.165, 1.54) is 0 Å². The molecule has 0 atom stereocenters. The lowest BCUT2D eigenvalue weighted by Crippen LogP contribution is -2.09. The second-order valence-electron chi connectivity index (χ2n) is 2.38. The summed E-state index contributed by atoms with van der Waals surface area (Å²) in [6.07, 6.45) is 0. The number of halogens is 2. The van der Waals surface area contributed by atoms with E-state index in [0.717, 1.165) is 0 Å². The van der Waals surface area contributed by atoms with E-state index < -0.39 is 0 Å². The number of aliphatic imine (C=N–C) groups is 1. The molecule has 0 unspecified atom stereocenters. The van der Waals surface area contributed by atoms with E-state index in [2.05, 4.69) is 11.6 Å². The molecule has 0 spiro atoms. The molecule has 0 aromatic heterocycles. The van der Waals surface area contributed by atoms with Crippen molar-refractivity contribution in [2.45, 2.75) is 0 Å². The minimum atomic E-state index is 0.198. The predicted octanol–water partition coefficient (Wildman–Crippen LogP) is 3.08. The molecule has 0 saturated heterocycles. The molecule has 0 aliphatic heterocycles. The summed E-state index contributed by atoms with van der Waals surface area (Å²) in [5.41, 5.74) is 6.13. The lowest BCUT2D eigenvalue weighted by Gasteiger charge is -1.97. The number of nitrogens with zero attached hydrogens (tertiary/aromatic N) is 1. The lowest BCUT2D eigenvalue weighted by atomic mass is 10.3. The highest BCUT2D eigenvalue weighted by molar-refractivity contribution is 6.42. The Hall–Kier alpha value is -0.990. The summed E-state index contributed by atoms with van der Waals surface area (Å²) in [5.74, 6) is 0.198. The van der Waals surface area contributed by atoms with Crippen LogP contribution in [0.4, 0.5) is 5.69 Å². The smallest absolute Gasteiger partial charge is 0.142 e. The fourth-order valence-electron chi connectivity index (χ4n) is 0.745. The Labute approximate surface area is 86.7 Å². The maximum absolute atomic E-state index is 5.74. The van der Waals surface area contributed by atoms with Crippen LogP contribution in [0.3, 0.4) is 0 Å². The summed E-state index contributed by atoms with van der Waals surface area (Å²) in [4.78, 5) is 4.00. The first-order valence-electron chi connectivity index (χ1n) is 3.54. The van der Waals surface area contributed by atoms with Gasteiger partial charge in [-0.05, 0) is 18.2 Å². The zero-order chi connectivity index (χ0) is 9.84. The van der Waals surface area contributed by atoms with Gasteiger partial charge in [0.1, 0.15) is 5.84 Å². The molecule has 0 bridgehead atoms. The first-order chi connectivity index (χ1) is 6.09. The number of rotatable bonds is 2. The molecular formula is C9H8Cl2N2. The fraction of sp³-hybridized carbons (Fsp3) is 0. The third kappa shape index (κ3) is 3.09. The fourth-order valence-corrected chi connectivity index (χ4v) is 0.972. The highest BCUT2D eigenvalue weighted by atomic mass is 35.5. The van der Waals surface area contributed by atoms with Gasteiger partial charge >= 0.3 is 0 Å². The third-order valence-electron chi connectivity index (χ3n) is 1.34. The summed E-state index contributed by atoms with van der Waals surface area (Å²) in [7, 11) is 0. The van der Waals surface area contributed by atoms with Crippen molar-refractivity contribution < 1.29 is 0 Å². The maximum Gasteiger partial charge on any atom is 0.142 e. The monoisotopic (exact) mass is 214 g/mol. The van der Waals surface area contributed by atoms with Crippen LogP contribution < -0.4 is 5.73 Å². The molecule has 2 N–H and O–H groups in total. The largest absolute Gasteiger partial charge is 0.382 e. The van der Waals surface area contributed by atoms with Gasteiger partial charge in [-0.15, -0.1) is 0 Å². The SMILES string of the molecule is C=C(Cl)C(N)=Nc1cccc(Cl)c1. The minimum absolute atomic E-state index is 0.198. The highest BCUT2D eigenvalue weighted by Crippen LogP contribution is 2.18. The van der Waals surface area contributed by atoms with Crippen molar-refractivity contribution >= 4 is 34.7 Å². The average molecular weight is 215 g/mol. The van der Waals surface area contributed by atoms with Gasteiger partial charge < -0.3 is 5.73 Å². The zero-order valence-electron chi connectivity index (χ0n) is 6.80. The Morgan fingerprint density at radius 3 is 2.69 bits per heavy atom. The van der Waals surface area contributed by atoms with E-state index in [1.54, 1.807) is 24.3 Å². The first kappa shape index (κ1) is 10.1.